The fraction of sp³-hybridized carbons (Fsp3) is 0.389. The average Bonchev–Trinajstić information content (AvgIpc) is 2.89. The highest BCUT2D eigenvalue weighted by Gasteiger charge is 2.28. The van der Waals surface area contributed by atoms with Crippen molar-refractivity contribution in [2.45, 2.75) is 32.7 Å². The van der Waals surface area contributed by atoms with Crippen LogP contribution in [0.4, 0.5) is 5.69 Å². The largest absolute Gasteiger partial charge is 0.354 e. The summed E-state index contributed by atoms with van der Waals surface area (Å²) >= 11 is 0. The Morgan fingerprint density at radius 2 is 2.08 bits per heavy atom. The molecule has 0 bridgehead atoms. The molecule has 2 heterocycles. The summed E-state index contributed by atoms with van der Waals surface area (Å²) in [6.07, 6.45) is 2.09. The molecule has 6 heteroatoms. The maximum Gasteiger partial charge on any atom is 0.240 e. The molecule has 1 aromatic carbocycles. The monoisotopic (exact) mass is 326 g/mol. The molecule has 1 aromatic heterocycles. The number of imidazole rings is 1. The molecule has 2 amide bonds. The number of aryl methyl sites for hydroxylation is 1. The van der Waals surface area contributed by atoms with E-state index in [0.29, 0.717) is 13.0 Å². The molecule has 2 aromatic rings. The molecule has 0 aliphatic carbocycles. The van der Waals surface area contributed by atoms with Gasteiger partial charge in [-0.15, -0.1) is 0 Å². The van der Waals surface area contributed by atoms with Crippen molar-refractivity contribution < 1.29 is 9.59 Å². The van der Waals surface area contributed by atoms with Gasteiger partial charge in [0.2, 0.25) is 11.8 Å². The Labute approximate surface area is 141 Å². The predicted molar refractivity (Wildman–Crippen MR) is 91.9 cm³/mol. The van der Waals surface area contributed by atoms with Crippen LogP contribution in [0.1, 0.15) is 29.3 Å². The summed E-state index contributed by atoms with van der Waals surface area (Å²) in [4.78, 5) is 30.3. The van der Waals surface area contributed by atoms with Crippen molar-refractivity contribution >= 4 is 17.5 Å². The summed E-state index contributed by atoms with van der Waals surface area (Å²) in [5.41, 5.74) is 3.95. The lowest BCUT2D eigenvalue weighted by Crippen LogP contribution is -2.38. The SMILES string of the molecule is Cc1ncn(CC(=O)NCC2CC(=O)N(C)c3ccccc32)c1C. The van der Waals surface area contributed by atoms with Crippen molar-refractivity contribution in [1.29, 1.82) is 0 Å². The van der Waals surface area contributed by atoms with Crippen LogP contribution in [-0.2, 0) is 16.1 Å². The molecule has 1 atom stereocenters. The second-order valence-electron chi connectivity index (χ2n) is 6.26. The van der Waals surface area contributed by atoms with E-state index in [1.165, 1.54) is 0 Å². The van der Waals surface area contributed by atoms with Gasteiger partial charge in [0.25, 0.3) is 0 Å². The maximum absolute atomic E-state index is 12.2. The second-order valence-corrected chi connectivity index (χ2v) is 6.26. The number of anilines is 1. The van der Waals surface area contributed by atoms with E-state index >= 15 is 0 Å². The van der Waals surface area contributed by atoms with Crippen LogP contribution in [0.5, 0.6) is 0 Å². The van der Waals surface area contributed by atoms with Crippen molar-refractivity contribution in [2.24, 2.45) is 0 Å². The first-order chi connectivity index (χ1) is 11.5. The van der Waals surface area contributed by atoms with Crippen LogP contribution in [0, 0.1) is 13.8 Å². The van der Waals surface area contributed by atoms with Crippen LogP contribution in [-0.4, -0.2) is 35.0 Å². The molecule has 6 nitrogen and oxygen atoms in total. The van der Waals surface area contributed by atoms with Crippen molar-refractivity contribution in [3.05, 3.63) is 47.5 Å². The number of rotatable bonds is 4. The van der Waals surface area contributed by atoms with Crippen molar-refractivity contribution in [1.82, 2.24) is 14.9 Å². The Hall–Kier alpha value is -2.63. The van der Waals surface area contributed by atoms with Gasteiger partial charge in [-0.25, -0.2) is 4.98 Å². The number of hydrogen-bond donors (Lipinski definition) is 1. The quantitative estimate of drug-likeness (QED) is 0.931. The topological polar surface area (TPSA) is 67.2 Å². The normalized spacial score (nSPS) is 16.9. The van der Waals surface area contributed by atoms with Crippen LogP contribution in [0.3, 0.4) is 0 Å². The molecule has 0 saturated carbocycles. The summed E-state index contributed by atoms with van der Waals surface area (Å²) in [6.45, 7) is 4.57. The number of hydrogen-bond acceptors (Lipinski definition) is 3. The number of nitrogens with zero attached hydrogens (tertiary/aromatic N) is 3. The number of carbonyl (C=O) groups is 2. The number of nitrogens with one attached hydrogen (secondary N) is 1. The molecule has 0 saturated heterocycles. The van der Waals surface area contributed by atoms with Gasteiger partial charge >= 0.3 is 0 Å². The minimum atomic E-state index is -0.0700. The van der Waals surface area contributed by atoms with Gasteiger partial charge in [0.05, 0.1) is 12.0 Å². The van der Waals surface area contributed by atoms with Crippen LogP contribution < -0.4 is 10.2 Å². The zero-order chi connectivity index (χ0) is 17.3. The Morgan fingerprint density at radius 1 is 1.33 bits per heavy atom. The minimum absolute atomic E-state index is 0.0134. The van der Waals surface area contributed by atoms with E-state index in [9.17, 15) is 9.59 Å². The zero-order valence-corrected chi connectivity index (χ0v) is 14.2. The first-order valence-corrected chi connectivity index (χ1v) is 8.08. The third-order valence-electron chi connectivity index (χ3n) is 4.74. The fourth-order valence-corrected chi connectivity index (χ4v) is 3.06. The minimum Gasteiger partial charge on any atom is -0.354 e. The average molecular weight is 326 g/mol. The molecule has 1 aliphatic heterocycles. The van der Waals surface area contributed by atoms with Gasteiger partial charge in [0, 0.05) is 37.3 Å². The number of benzene rings is 1. The molecule has 0 fully saturated rings. The molecule has 24 heavy (non-hydrogen) atoms. The third kappa shape index (κ3) is 3.04. The summed E-state index contributed by atoms with van der Waals surface area (Å²) < 4.78 is 1.83. The van der Waals surface area contributed by atoms with Gasteiger partial charge in [0.1, 0.15) is 6.54 Å². The Balaban J connectivity index is 1.66. The predicted octanol–water partition coefficient (Wildman–Crippen LogP) is 1.77. The van der Waals surface area contributed by atoms with E-state index in [-0.39, 0.29) is 24.3 Å². The molecule has 126 valence electrons. The maximum atomic E-state index is 12.2. The van der Waals surface area contributed by atoms with Crippen molar-refractivity contribution in [3.63, 3.8) is 0 Å². The van der Waals surface area contributed by atoms with Gasteiger partial charge in [-0.2, -0.15) is 0 Å². The number of fused-ring (bicyclic) bond motifs is 1. The molecule has 0 spiro atoms. The van der Waals surface area contributed by atoms with Crippen molar-refractivity contribution in [3.8, 4) is 0 Å². The molecule has 1 aliphatic rings. The highest BCUT2D eigenvalue weighted by atomic mass is 16.2. The number of amides is 2. The van der Waals surface area contributed by atoms with E-state index in [4.69, 9.17) is 0 Å². The standard InChI is InChI=1S/C18H22N4O2/c1-12-13(2)22(11-20-12)10-17(23)19-9-14-8-18(24)21(3)16-7-5-4-6-15(14)16/h4-7,11,14H,8-10H2,1-3H3,(H,19,23). The van der Waals surface area contributed by atoms with E-state index in [1.807, 2.05) is 42.7 Å². The lowest BCUT2D eigenvalue weighted by Gasteiger charge is -2.31. The molecule has 0 radical (unpaired) electrons. The van der Waals surface area contributed by atoms with E-state index in [0.717, 1.165) is 22.6 Å². The Bertz CT molecular complexity index is 781. The molecule has 3 rings (SSSR count). The number of aromatic nitrogens is 2. The van der Waals surface area contributed by atoms with Gasteiger partial charge < -0.3 is 14.8 Å². The second kappa shape index (κ2) is 6.47. The van der Waals surface area contributed by atoms with Crippen LogP contribution in [0.25, 0.3) is 0 Å². The smallest absolute Gasteiger partial charge is 0.240 e. The van der Waals surface area contributed by atoms with Gasteiger partial charge in [0.15, 0.2) is 0 Å². The first kappa shape index (κ1) is 16.2. The van der Waals surface area contributed by atoms with Crippen LogP contribution in [0.2, 0.25) is 0 Å². The summed E-state index contributed by atoms with van der Waals surface area (Å²) in [6, 6.07) is 7.86. The highest BCUT2D eigenvalue weighted by Crippen LogP contribution is 2.34. The van der Waals surface area contributed by atoms with E-state index in [1.54, 1.807) is 18.3 Å². The lowest BCUT2D eigenvalue weighted by atomic mass is 9.89. The number of para-hydroxylation sites is 1. The van der Waals surface area contributed by atoms with Crippen LogP contribution in [0.15, 0.2) is 30.6 Å². The van der Waals surface area contributed by atoms with Crippen LogP contribution >= 0.6 is 0 Å². The summed E-state index contributed by atoms with van der Waals surface area (Å²) in [7, 11) is 1.79. The van der Waals surface area contributed by atoms with Crippen molar-refractivity contribution in [2.75, 3.05) is 18.5 Å². The fourth-order valence-electron chi connectivity index (χ4n) is 3.06. The summed E-state index contributed by atoms with van der Waals surface area (Å²) in [5, 5.41) is 2.96. The third-order valence-corrected chi connectivity index (χ3v) is 4.74. The Morgan fingerprint density at radius 3 is 2.79 bits per heavy atom. The van der Waals surface area contributed by atoms with E-state index in [2.05, 4.69) is 10.3 Å². The van der Waals surface area contributed by atoms with Gasteiger partial charge in [-0.05, 0) is 25.5 Å². The molecule has 1 N–H and O–H groups in total. The first-order valence-electron chi connectivity index (χ1n) is 8.08. The highest BCUT2D eigenvalue weighted by molar-refractivity contribution is 5.96. The van der Waals surface area contributed by atoms with Gasteiger partial charge in [-0.3, -0.25) is 9.59 Å². The van der Waals surface area contributed by atoms with E-state index < -0.39 is 0 Å². The van der Waals surface area contributed by atoms with Gasteiger partial charge in [-0.1, -0.05) is 18.2 Å². The lowest BCUT2D eigenvalue weighted by molar-refractivity contribution is -0.122. The molecular weight excluding hydrogens is 304 g/mol. The zero-order valence-electron chi connectivity index (χ0n) is 14.2. The Kier molecular flexibility index (Phi) is 4.38. The molecular formula is C18H22N4O2. The molecule has 1 unspecified atom stereocenters. The number of carbonyl (C=O) groups excluding carboxylic acids is 2. The summed E-state index contributed by atoms with van der Waals surface area (Å²) in [5.74, 6) is 0.0212.